The van der Waals surface area contributed by atoms with Gasteiger partial charge in [-0.3, -0.25) is 14.4 Å². The smallest absolute Gasteiger partial charge is 0.351 e. The maximum atomic E-state index is 12.4. The van der Waals surface area contributed by atoms with Crippen LogP contribution in [0.25, 0.3) is 0 Å². The van der Waals surface area contributed by atoms with E-state index < -0.39 is 79.9 Å². The lowest BCUT2D eigenvalue weighted by Crippen LogP contribution is -2.63. The van der Waals surface area contributed by atoms with Crippen molar-refractivity contribution in [1.29, 1.82) is 0 Å². The Kier molecular flexibility index (Phi) is 9.45. The molecule has 1 aromatic rings. The maximum Gasteiger partial charge on any atom is 0.351 e. The second kappa shape index (κ2) is 11.9. The minimum Gasteiger partial charge on any atom is -0.479 e. The van der Waals surface area contributed by atoms with Gasteiger partial charge in [-0.25, -0.2) is 9.59 Å². The highest BCUT2D eigenvalue weighted by Crippen LogP contribution is 2.31. The SMILES string of the molecule is NC(N)=NCC(O)CC(O)(C(=O)O)[C@H]1O[C@@H](n2cc(CO)c(N)nc2=O)C=C[C@@H]1NC(=O)[C@@H](N)CO. The number of carbonyl (C=O) groups excluding carboxylic acids is 1. The van der Waals surface area contributed by atoms with Crippen LogP contribution in [0.3, 0.4) is 0 Å². The summed E-state index contributed by atoms with van der Waals surface area (Å²) in [4.78, 5) is 44.1. The Morgan fingerprint density at radius 1 is 1.31 bits per heavy atom. The second-order valence-corrected chi connectivity index (χ2v) is 8.01. The zero-order chi connectivity index (χ0) is 27.2. The third-order valence-electron chi connectivity index (χ3n) is 5.32. The maximum absolute atomic E-state index is 12.4. The molecule has 0 bridgehead atoms. The van der Waals surface area contributed by atoms with Crippen LogP contribution in [0.1, 0.15) is 18.2 Å². The van der Waals surface area contributed by atoms with Crippen molar-refractivity contribution in [1.82, 2.24) is 14.9 Å². The van der Waals surface area contributed by atoms with E-state index in [0.29, 0.717) is 0 Å². The molecule has 0 saturated carbocycles. The molecular weight excluding hydrogens is 484 g/mol. The molecule has 1 aromatic heterocycles. The molecule has 17 nitrogen and oxygen atoms in total. The number of hydrogen-bond donors (Lipinski definition) is 10. The van der Waals surface area contributed by atoms with Crippen LogP contribution in [0.2, 0.25) is 0 Å². The van der Waals surface area contributed by atoms with Crippen LogP contribution in [0.4, 0.5) is 5.82 Å². The van der Waals surface area contributed by atoms with Crippen LogP contribution < -0.4 is 33.9 Å². The topological polar surface area (TPSA) is 308 Å². The highest BCUT2D eigenvalue weighted by atomic mass is 16.5. The van der Waals surface area contributed by atoms with E-state index >= 15 is 0 Å². The van der Waals surface area contributed by atoms with Crippen molar-refractivity contribution >= 4 is 23.7 Å². The molecule has 0 saturated heterocycles. The van der Waals surface area contributed by atoms with Gasteiger partial charge in [-0.1, -0.05) is 6.08 Å². The molecule has 1 amide bonds. The number of hydrogen-bond acceptors (Lipinski definition) is 12. The van der Waals surface area contributed by atoms with Gasteiger partial charge in [0.1, 0.15) is 18.0 Å². The number of guanidine groups is 1. The second-order valence-electron chi connectivity index (χ2n) is 8.01. The highest BCUT2D eigenvalue weighted by molar-refractivity contribution is 5.83. The van der Waals surface area contributed by atoms with Crippen LogP contribution in [0.15, 0.2) is 28.1 Å². The standard InChI is InChI=1S/C19H30N8O9/c20-10(7-29)15(31)25-11-1-2-12(27-5-8(6-28)14(21)26-18(27)34)36-13(11)19(35,16(32)33)3-9(30)4-24-17(22)23/h1-2,5,9-13,28-30,35H,3-4,6-7,20H2,(H,25,31)(H,32,33)(H2,21,26,34)(H4,22,23,24)/t9?,10-,11-,12+,13-,19?/m0/s1. The van der Waals surface area contributed by atoms with E-state index in [2.05, 4.69) is 15.3 Å². The van der Waals surface area contributed by atoms with Gasteiger partial charge in [0, 0.05) is 18.2 Å². The number of nitrogens with one attached hydrogen (secondary N) is 1. The van der Waals surface area contributed by atoms with Crippen LogP contribution in [0, 0.1) is 0 Å². The number of carboxylic acids is 1. The van der Waals surface area contributed by atoms with Crippen molar-refractivity contribution in [3.05, 3.63) is 34.4 Å². The van der Waals surface area contributed by atoms with Gasteiger partial charge in [0.05, 0.1) is 31.9 Å². The first-order valence-corrected chi connectivity index (χ1v) is 10.5. The molecule has 0 radical (unpaired) electrons. The number of aliphatic imine (C=N–C) groups is 1. The van der Waals surface area contributed by atoms with Crippen LogP contribution in [-0.2, 0) is 20.9 Å². The summed E-state index contributed by atoms with van der Waals surface area (Å²) in [7, 11) is 0. The lowest BCUT2D eigenvalue weighted by molar-refractivity contribution is -0.197. The summed E-state index contributed by atoms with van der Waals surface area (Å²) in [5, 5.41) is 52.3. The third-order valence-corrected chi connectivity index (χ3v) is 5.32. The normalized spacial score (nSPS) is 22.8. The predicted octanol–water partition coefficient (Wildman–Crippen LogP) is -5.58. The number of aromatic nitrogens is 2. The van der Waals surface area contributed by atoms with Gasteiger partial charge < -0.3 is 58.5 Å². The molecule has 17 heteroatoms. The number of carbonyl (C=O) groups is 2. The summed E-state index contributed by atoms with van der Waals surface area (Å²) in [5.74, 6) is -3.36. The van der Waals surface area contributed by atoms with E-state index in [9.17, 15) is 34.8 Å². The van der Waals surface area contributed by atoms with Gasteiger partial charge >= 0.3 is 11.7 Å². The fourth-order valence-electron chi connectivity index (χ4n) is 3.43. The van der Waals surface area contributed by atoms with E-state index in [1.807, 2.05) is 0 Å². The van der Waals surface area contributed by atoms with Crippen molar-refractivity contribution < 1.29 is 39.9 Å². The number of aliphatic hydroxyl groups is 4. The molecule has 2 unspecified atom stereocenters. The fraction of sp³-hybridized carbons (Fsp3) is 0.526. The zero-order valence-electron chi connectivity index (χ0n) is 19.0. The molecule has 0 aliphatic carbocycles. The molecule has 2 heterocycles. The predicted molar refractivity (Wildman–Crippen MR) is 123 cm³/mol. The number of nitrogen functional groups attached to an aromatic ring is 1. The van der Waals surface area contributed by atoms with Gasteiger partial charge in [0.15, 0.2) is 17.8 Å². The van der Waals surface area contributed by atoms with Crippen molar-refractivity contribution in [3.63, 3.8) is 0 Å². The number of carboxylic acid groups (broad SMARTS) is 1. The summed E-state index contributed by atoms with van der Waals surface area (Å²) in [6.07, 6.45) is -2.01. The Morgan fingerprint density at radius 3 is 2.53 bits per heavy atom. The first-order chi connectivity index (χ1) is 16.8. The molecule has 2 rings (SSSR count). The Balaban J connectivity index is 2.52. The first kappa shape index (κ1) is 28.6. The highest BCUT2D eigenvalue weighted by Gasteiger charge is 2.52. The number of ether oxygens (including phenoxy) is 1. The number of nitrogens with zero attached hydrogens (tertiary/aromatic N) is 3. The average Bonchev–Trinajstić information content (AvgIpc) is 2.82. The lowest BCUT2D eigenvalue weighted by Gasteiger charge is -2.41. The zero-order valence-corrected chi connectivity index (χ0v) is 19.0. The van der Waals surface area contributed by atoms with Crippen molar-refractivity contribution in [2.75, 3.05) is 18.9 Å². The molecular formula is C19H30N8O9. The van der Waals surface area contributed by atoms with Gasteiger partial charge in [-0.2, -0.15) is 4.98 Å². The van der Waals surface area contributed by atoms with Crippen molar-refractivity contribution in [2.24, 2.45) is 22.2 Å². The van der Waals surface area contributed by atoms with E-state index in [1.54, 1.807) is 0 Å². The summed E-state index contributed by atoms with van der Waals surface area (Å²) >= 11 is 0. The number of aliphatic hydroxyl groups excluding tert-OH is 3. The molecule has 0 aromatic carbocycles. The molecule has 0 spiro atoms. The number of nitrogens with two attached hydrogens (primary N) is 4. The Hall–Kier alpha value is -3.61. The molecule has 6 atom stereocenters. The van der Waals surface area contributed by atoms with E-state index in [0.717, 1.165) is 10.8 Å². The molecule has 14 N–H and O–H groups in total. The lowest BCUT2D eigenvalue weighted by atomic mass is 9.84. The number of rotatable bonds is 11. The van der Waals surface area contributed by atoms with Crippen LogP contribution in [0.5, 0.6) is 0 Å². The number of amides is 1. The van der Waals surface area contributed by atoms with Crippen molar-refractivity contribution in [3.8, 4) is 0 Å². The van der Waals surface area contributed by atoms with E-state index in [-0.39, 0.29) is 17.3 Å². The minimum absolute atomic E-state index is 0.0636. The van der Waals surface area contributed by atoms with E-state index in [1.165, 1.54) is 12.2 Å². The minimum atomic E-state index is -2.87. The molecule has 36 heavy (non-hydrogen) atoms. The van der Waals surface area contributed by atoms with Gasteiger partial charge in [-0.05, 0) is 6.08 Å². The molecule has 200 valence electrons. The molecule has 1 aliphatic heterocycles. The average molecular weight is 514 g/mol. The van der Waals surface area contributed by atoms with Crippen LogP contribution in [-0.4, -0.2) is 96.0 Å². The first-order valence-electron chi connectivity index (χ1n) is 10.5. The van der Waals surface area contributed by atoms with Crippen molar-refractivity contribution in [2.45, 2.75) is 49.1 Å². The Bertz CT molecular complexity index is 1070. The van der Waals surface area contributed by atoms with Crippen LogP contribution >= 0.6 is 0 Å². The Labute approximate surface area is 203 Å². The quantitative estimate of drug-likeness (QED) is 0.0748. The summed E-state index contributed by atoms with van der Waals surface area (Å²) in [6.45, 7) is -1.77. The van der Waals surface area contributed by atoms with Gasteiger partial charge in [0.2, 0.25) is 5.91 Å². The largest absolute Gasteiger partial charge is 0.479 e. The summed E-state index contributed by atoms with van der Waals surface area (Å²) < 4.78 is 6.62. The molecule has 0 fully saturated rings. The van der Waals surface area contributed by atoms with Gasteiger partial charge in [-0.15, -0.1) is 0 Å². The number of anilines is 1. The Morgan fingerprint density at radius 2 is 1.97 bits per heavy atom. The monoisotopic (exact) mass is 514 g/mol. The summed E-state index contributed by atoms with van der Waals surface area (Å²) in [5.41, 5.74) is 17.8. The van der Waals surface area contributed by atoms with E-state index in [4.69, 9.17) is 32.8 Å². The molecule has 1 aliphatic rings. The number of aliphatic carboxylic acids is 1. The summed E-state index contributed by atoms with van der Waals surface area (Å²) in [6, 6.07) is -2.73. The fourth-order valence-corrected chi connectivity index (χ4v) is 3.43. The van der Waals surface area contributed by atoms with Gasteiger partial charge in [0.25, 0.3) is 0 Å². The third kappa shape index (κ3) is 6.53.